The lowest BCUT2D eigenvalue weighted by Crippen LogP contribution is -2.53. The van der Waals surface area contributed by atoms with Crippen molar-refractivity contribution in [3.05, 3.63) is 155 Å². The second kappa shape index (κ2) is 17.2. The van der Waals surface area contributed by atoms with Crippen LogP contribution < -0.4 is 20.3 Å². The maximum absolute atomic E-state index is 15.6. The first-order valence-electron chi connectivity index (χ1n) is 20.6. The Kier molecular flexibility index (Phi) is 11.3. The molecule has 12 nitrogen and oxygen atoms in total. The van der Waals surface area contributed by atoms with Crippen molar-refractivity contribution in [2.45, 2.75) is 36.1 Å². The zero-order chi connectivity index (χ0) is 41.9. The number of fused-ring (bicyclic) bond motifs is 3. The number of nitrogens with zero attached hydrogens (tertiary/aromatic N) is 2. The van der Waals surface area contributed by atoms with Gasteiger partial charge in [-0.25, -0.2) is 0 Å². The van der Waals surface area contributed by atoms with Gasteiger partial charge in [0.15, 0.2) is 0 Å². The van der Waals surface area contributed by atoms with Gasteiger partial charge in [-0.3, -0.25) is 19.3 Å². The fraction of sp³-hybridized carbons (Fsp3) is 0.286. The molecule has 4 N–H and O–H groups in total. The molecule has 0 aromatic heterocycles. The normalized spacial score (nSPS) is 24.2. The molecule has 0 aliphatic carbocycles. The number of rotatable bonds is 10. The van der Waals surface area contributed by atoms with Gasteiger partial charge in [0, 0.05) is 47.7 Å². The number of ether oxygens (including phenoxy) is 3. The van der Waals surface area contributed by atoms with E-state index in [2.05, 4.69) is 27.4 Å². The summed E-state index contributed by atoms with van der Waals surface area (Å²) in [5.41, 5.74) is 3.34. The van der Waals surface area contributed by atoms with Gasteiger partial charge in [-0.1, -0.05) is 90.7 Å². The first kappa shape index (κ1) is 39.9. The number of nitrogens with one attached hydrogen (secondary N) is 2. The summed E-state index contributed by atoms with van der Waals surface area (Å²) >= 11 is 0. The van der Waals surface area contributed by atoms with Gasteiger partial charge in [0.05, 0.1) is 44.4 Å². The molecule has 310 valence electrons. The molecule has 0 saturated carbocycles. The zero-order valence-electron chi connectivity index (χ0n) is 33.4. The number of amides is 2. The number of aliphatic hydroxyl groups is 2. The Morgan fingerprint density at radius 3 is 2.26 bits per heavy atom. The highest BCUT2D eigenvalue weighted by Crippen LogP contribution is 2.65. The van der Waals surface area contributed by atoms with Crippen LogP contribution in [0.2, 0.25) is 0 Å². The van der Waals surface area contributed by atoms with Crippen molar-refractivity contribution >= 4 is 34.8 Å². The standard InChI is InChI=1S/C49H46N4O8/c54-26-10-9-11-32-18-23-39-38(31-32)49(48(58)51-39)41(46(56)50-35-19-21-36(22-20-35)52-24-28-59-29-25-52)43-47(57)61-44(34-14-5-2-6-15-34)42(33-12-3-1-4-13-33)53(43)45(49)37-16-7-8-17-40(37)60-30-27-55/h1-8,12-23,31,41-45,54-55H,10,24-30H2,(H,50,56)(H,51,58)/t41-,42-,43-,44+,45+,49-/m0/s1. The maximum atomic E-state index is 15.6. The molecular formula is C49H46N4O8. The van der Waals surface area contributed by atoms with Crippen LogP contribution >= 0.6 is 0 Å². The molecule has 2 amide bonds. The van der Waals surface area contributed by atoms with Gasteiger partial charge in [0.2, 0.25) is 11.8 Å². The molecule has 1 spiro atoms. The summed E-state index contributed by atoms with van der Waals surface area (Å²) in [7, 11) is 0. The first-order valence-corrected chi connectivity index (χ1v) is 20.6. The van der Waals surface area contributed by atoms with Crippen molar-refractivity contribution in [2.24, 2.45) is 5.92 Å². The van der Waals surface area contributed by atoms with Gasteiger partial charge in [-0.15, -0.1) is 0 Å². The summed E-state index contributed by atoms with van der Waals surface area (Å²) < 4.78 is 18.3. The third-order valence-electron chi connectivity index (χ3n) is 12.1. The summed E-state index contributed by atoms with van der Waals surface area (Å²) in [5.74, 6) is 3.46. The third-order valence-corrected chi connectivity index (χ3v) is 12.1. The van der Waals surface area contributed by atoms with Crippen LogP contribution in [0.5, 0.6) is 5.75 Å². The van der Waals surface area contributed by atoms with E-state index in [0.717, 1.165) is 29.9 Å². The van der Waals surface area contributed by atoms with E-state index in [1.54, 1.807) is 18.2 Å². The second-order valence-electron chi connectivity index (χ2n) is 15.5. The summed E-state index contributed by atoms with van der Waals surface area (Å²) in [6.45, 7) is 2.32. The molecule has 12 heteroatoms. The number of hydrogen-bond donors (Lipinski definition) is 4. The molecule has 5 aromatic rings. The monoisotopic (exact) mass is 818 g/mol. The van der Waals surface area contributed by atoms with Crippen LogP contribution in [0.4, 0.5) is 17.1 Å². The average Bonchev–Trinajstić information content (AvgIpc) is 3.78. The van der Waals surface area contributed by atoms with Crippen LogP contribution in [-0.2, 0) is 29.3 Å². The van der Waals surface area contributed by atoms with Gasteiger partial charge < -0.3 is 40.0 Å². The molecular weight excluding hydrogens is 773 g/mol. The van der Waals surface area contributed by atoms with Crippen LogP contribution in [0.25, 0.3) is 0 Å². The van der Waals surface area contributed by atoms with E-state index in [9.17, 15) is 10.2 Å². The third kappa shape index (κ3) is 7.19. The molecule has 5 aromatic carbocycles. The van der Waals surface area contributed by atoms with Gasteiger partial charge in [-0.05, 0) is 65.2 Å². The van der Waals surface area contributed by atoms with E-state index in [-0.39, 0.29) is 26.2 Å². The van der Waals surface area contributed by atoms with Crippen molar-refractivity contribution in [3.8, 4) is 17.6 Å². The quantitative estimate of drug-likeness (QED) is 0.105. The largest absolute Gasteiger partial charge is 0.491 e. The smallest absolute Gasteiger partial charge is 0.324 e. The Labute approximate surface area is 354 Å². The van der Waals surface area contributed by atoms with E-state index < -0.39 is 53.3 Å². The average molecular weight is 819 g/mol. The summed E-state index contributed by atoms with van der Waals surface area (Å²) in [5, 5.41) is 25.7. The lowest BCUT2D eigenvalue weighted by Gasteiger charge is -2.46. The van der Waals surface area contributed by atoms with E-state index in [1.165, 1.54) is 0 Å². The molecule has 0 unspecified atom stereocenters. The van der Waals surface area contributed by atoms with Crippen LogP contribution in [0.15, 0.2) is 127 Å². The molecule has 4 aliphatic heterocycles. The van der Waals surface area contributed by atoms with Gasteiger partial charge >= 0.3 is 5.97 Å². The fourth-order valence-electron chi connectivity index (χ4n) is 9.65. The zero-order valence-corrected chi connectivity index (χ0v) is 33.4. The number of morpholine rings is 2. The number of hydrogen-bond acceptors (Lipinski definition) is 10. The molecule has 3 fully saturated rings. The van der Waals surface area contributed by atoms with E-state index >= 15 is 14.4 Å². The van der Waals surface area contributed by atoms with Crippen LogP contribution in [-0.4, -0.2) is 85.1 Å². The van der Waals surface area contributed by atoms with Gasteiger partial charge in [-0.2, -0.15) is 0 Å². The Hall–Kier alpha value is -6.49. The fourth-order valence-corrected chi connectivity index (χ4v) is 9.65. The minimum Gasteiger partial charge on any atom is -0.491 e. The number of aliphatic hydroxyl groups excluding tert-OH is 2. The molecule has 6 atom stereocenters. The Morgan fingerprint density at radius 2 is 1.54 bits per heavy atom. The molecule has 61 heavy (non-hydrogen) atoms. The minimum atomic E-state index is -1.78. The molecule has 0 bridgehead atoms. The molecule has 4 aliphatic rings. The van der Waals surface area contributed by atoms with E-state index in [1.807, 2.05) is 114 Å². The second-order valence-corrected chi connectivity index (χ2v) is 15.5. The van der Waals surface area contributed by atoms with Crippen LogP contribution in [0, 0.1) is 17.8 Å². The Balaban J connectivity index is 1.29. The van der Waals surface area contributed by atoms with E-state index in [0.29, 0.717) is 47.0 Å². The Bertz CT molecular complexity index is 2470. The number of cyclic esters (lactones) is 1. The minimum absolute atomic E-state index is 0.0330. The number of anilines is 3. The highest BCUT2D eigenvalue weighted by atomic mass is 16.6. The number of carbonyl (C=O) groups excluding carboxylic acids is 3. The Morgan fingerprint density at radius 1 is 0.836 bits per heavy atom. The highest BCUT2D eigenvalue weighted by Gasteiger charge is 2.74. The van der Waals surface area contributed by atoms with E-state index in [4.69, 9.17) is 14.2 Å². The lowest BCUT2D eigenvalue weighted by atomic mass is 9.65. The van der Waals surface area contributed by atoms with Crippen LogP contribution in [0.1, 0.15) is 52.4 Å². The van der Waals surface area contributed by atoms with Crippen molar-refractivity contribution in [3.63, 3.8) is 0 Å². The summed E-state index contributed by atoms with van der Waals surface area (Å²) in [6.07, 6.45) is -0.597. The maximum Gasteiger partial charge on any atom is 0.324 e. The predicted molar refractivity (Wildman–Crippen MR) is 229 cm³/mol. The van der Waals surface area contributed by atoms with Crippen molar-refractivity contribution in [2.75, 3.05) is 61.7 Å². The molecule has 0 radical (unpaired) electrons. The number of carbonyl (C=O) groups is 3. The molecule has 9 rings (SSSR count). The highest BCUT2D eigenvalue weighted by molar-refractivity contribution is 6.13. The van der Waals surface area contributed by atoms with Crippen molar-refractivity contribution in [1.82, 2.24) is 4.90 Å². The number of esters is 1. The summed E-state index contributed by atoms with van der Waals surface area (Å²) in [6, 6.07) is 36.4. The molecule has 3 saturated heterocycles. The SMILES string of the molecule is O=C1O[C@H](c2ccccc2)[C@H](c2ccccc2)N2[C@H]1[C@@H](C(=O)Nc1ccc(N3CCOCC3)cc1)[C@]1(C(=O)Nc3ccc(C#CCCO)cc31)[C@H]2c1ccccc1OCCO. The molecule has 4 heterocycles. The summed E-state index contributed by atoms with van der Waals surface area (Å²) in [4.78, 5) is 50.5. The lowest BCUT2D eigenvalue weighted by molar-refractivity contribution is -0.177. The van der Waals surface area contributed by atoms with Crippen LogP contribution in [0.3, 0.4) is 0 Å². The van der Waals surface area contributed by atoms with Gasteiger partial charge in [0.1, 0.15) is 29.9 Å². The predicted octanol–water partition coefficient (Wildman–Crippen LogP) is 5.54. The topological polar surface area (TPSA) is 150 Å². The number of benzene rings is 5. The van der Waals surface area contributed by atoms with Crippen molar-refractivity contribution in [1.29, 1.82) is 0 Å². The number of para-hydroxylation sites is 1. The first-order chi connectivity index (χ1) is 29.9. The van der Waals surface area contributed by atoms with Gasteiger partial charge in [0.25, 0.3) is 0 Å². The van der Waals surface area contributed by atoms with Crippen molar-refractivity contribution < 1.29 is 38.8 Å².